The van der Waals surface area contributed by atoms with Crippen LogP contribution in [-0.2, 0) is 4.79 Å². The maximum atomic E-state index is 12.1. The maximum Gasteiger partial charge on any atom is 0.455 e. The SMILES string of the molecule is CC(N)(CN1CC(Oc2ccc([C@@H]3C[C@@H]3B(O)O)c(O)c2C(=O)O)C1)C(=O)NCCN. The molecule has 2 fully saturated rings. The standard InChI is InChI=1S/C19H29BN4O7/c1-19(22,18(28)23-5-4-21)9-24-7-10(8-24)31-14-3-2-11(12-6-13(12)20(29)30)16(25)15(14)17(26)27/h2-3,10,12-13,25,29-30H,4-9,21-22H2,1H3,(H,23,28)(H,26,27)/t12-,13-,19?/m0/s1. The number of nitrogens with two attached hydrogens (primary N) is 2. The Balaban J connectivity index is 1.61. The average molecular weight is 436 g/mol. The number of ether oxygens (including phenoxy) is 1. The van der Waals surface area contributed by atoms with Crippen molar-refractivity contribution in [3.8, 4) is 11.5 Å². The van der Waals surface area contributed by atoms with Gasteiger partial charge in [0, 0.05) is 38.5 Å². The Hall–Kier alpha value is -2.38. The summed E-state index contributed by atoms with van der Waals surface area (Å²) < 4.78 is 5.78. The van der Waals surface area contributed by atoms with Gasteiger partial charge in [-0.25, -0.2) is 4.79 Å². The van der Waals surface area contributed by atoms with E-state index in [-0.39, 0.29) is 29.2 Å². The minimum atomic E-state index is -1.51. The number of phenols is 1. The van der Waals surface area contributed by atoms with E-state index in [1.165, 1.54) is 6.07 Å². The minimum absolute atomic E-state index is 0.0383. The lowest BCUT2D eigenvalue weighted by atomic mass is 9.81. The van der Waals surface area contributed by atoms with Gasteiger partial charge in [0.2, 0.25) is 5.91 Å². The zero-order valence-corrected chi connectivity index (χ0v) is 17.3. The van der Waals surface area contributed by atoms with Gasteiger partial charge in [-0.05, 0) is 30.9 Å². The van der Waals surface area contributed by atoms with E-state index in [4.69, 9.17) is 16.2 Å². The summed E-state index contributed by atoms with van der Waals surface area (Å²) >= 11 is 0. The molecule has 12 heteroatoms. The van der Waals surface area contributed by atoms with Crippen LogP contribution in [0, 0.1) is 0 Å². The number of amides is 1. The number of nitrogens with one attached hydrogen (secondary N) is 1. The molecule has 3 atom stereocenters. The monoisotopic (exact) mass is 436 g/mol. The third-order valence-electron chi connectivity index (χ3n) is 5.72. The van der Waals surface area contributed by atoms with E-state index in [9.17, 15) is 29.9 Å². The van der Waals surface area contributed by atoms with Gasteiger partial charge in [-0.3, -0.25) is 9.69 Å². The summed E-state index contributed by atoms with van der Waals surface area (Å²) in [5.41, 5.74) is 10.4. The van der Waals surface area contributed by atoms with Gasteiger partial charge in [-0.2, -0.15) is 0 Å². The first kappa shape index (κ1) is 23.3. The third kappa shape index (κ3) is 5.10. The first-order valence-electron chi connectivity index (χ1n) is 10.2. The maximum absolute atomic E-state index is 12.1. The molecule has 0 spiro atoms. The second-order valence-corrected chi connectivity index (χ2v) is 8.50. The Morgan fingerprint density at radius 2 is 2.03 bits per heavy atom. The van der Waals surface area contributed by atoms with Crippen LogP contribution in [0.2, 0.25) is 5.82 Å². The van der Waals surface area contributed by atoms with Crippen molar-refractivity contribution < 1.29 is 34.6 Å². The molecule has 1 amide bonds. The largest absolute Gasteiger partial charge is 0.507 e. The molecular formula is C19H29BN4O7. The van der Waals surface area contributed by atoms with Gasteiger partial charge in [0.25, 0.3) is 0 Å². The van der Waals surface area contributed by atoms with Crippen LogP contribution in [0.5, 0.6) is 11.5 Å². The van der Waals surface area contributed by atoms with Crippen LogP contribution in [0.25, 0.3) is 0 Å². The van der Waals surface area contributed by atoms with E-state index in [0.717, 1.165) is 0 Å². The van der Waals surface area contributed by atoms with E-state index < -0.39 is 30.2 Å². The minimum Gasteiger partial charge on any atom is -0.507 e. The number of aromatic carboxylic acids is 1. The number of rotatable bonds is 10. The molecule has 3 rings (SSSR count). The Labute approximate surface area is 180 Å². The van der Waals surface area contributed by atoms with E-state index in [1.807, 2.05) is 4.90 Å². The Bertz CT molecular complexity index is 845. The van der Waals surface area contributed by atoms with Gasteiger partial charge < -0.3 is 41.8 Å². The van der Waals surface area contributed by atoms with E-state index in [0.29, 0.717) is 44.7 Å². The van der Waals surface area contributed by atoms with Crippen LogP contribution in [-0.4, -0.2) is 88.5 Å². The van der Waals surface area contributed by atoms with Crippen LogP contribution in [0.1, 0.15) is 35.2 Å². The summed E-state index contributed by atoms with van der Waals surface area (Å²) in [5, 5.41) is 41.3. The van der Waals surface area contributed by atoms with Crippen molar-refractivity contribution in [2.45, 2.75) is 36.7 Å². The van der Waals surface area contributed by atoms with Crippen molar-refractivity contribution >= 4 is 19.0 Å². The molecule has 1 saturated carbocycles. The number of carbonyl (C=O) groups is 2. The third-order valence-corrected chi connectivity index (χ3v) is 5.72. The van der Waals surface area contributed by atoms with Gasteiger partial charge in [0.1, 0.15) is 28.7 Å². The molecule has 1 saturated heterocycles. The summed E-state index contributed by atoms with van der Waals surface area (Å²) in [6.45, 7) is 3.47. The Kier molecular flexibility index (Phi) is 6.77. The van der Waals surface area contributed by atoms with Crippen LogP contribution < -0.4 is 21.5 Å². The number of hydrogen-bond donors (Lipinski definition) is 7. The number of carbonyl (C=O) groups excluding carboxylic acids is 1. The van der Waals surface area contributed by atoms with Crippen molar-refractivity contribution in [3.63, 3.8) is 0 Å². The summed E-state index contributed by atoms with van der Waals surface area (Å²) in [6.07, 6.45) is 0.137. The lowest BCUT2D eigenvalue weighted by Gasteiger charge is -2.42. The van der Waals surface area contributed by atoms with Crippen LogP contribution in [0.4, 0.5) is 0 Å². The fraction of sp³-hybridized carbons (Fsp3) is 0.579. The predicted molar refractivity (Wildman–Crippen MR) is 112 cm³/mol. The predicted octanol–water partition coefficient (Wildman–Crippen LogP) is -1.72. The summed E-state index contributed by atoms with van der Waals surface area (Å²) in [7, 11) is -1.51. The fourth-order valence-electron chi connectivity index (χ4n) is 3.92. The highest BCUT2D eigenvalue weighted by molar-refractivity contribution is 6.44. The highest BCUT2D eigenvalue weighted by atomic mass is 16.5. The van der Waals surface area contributed by atoms with Crippen molar-refractivity contribution in [2.75, 3.05) is 32.7 Å². The summed E-state index contributed by atoms with van der Waals surface area (Å²) in [6, 6.07) is 3.03. The highest BCUT2D eigenvalue weighted by Crippen LogP contribution is 2.56. The first-order valence-corrected chi connectivity index (χ1v) is 10.2. The van der Waals surface area contributed by atoms with Gasteiger partial charge in [0.05, 0.1) is 0 Å². The molecule has 9 N–H and O–H groups in total. The van der Waals surface area contributed by atoms with Crippen molar-refractivity contribution in [1.29, 1.82) is 0 Å². The normalized spacial score (nSPS) is 22.9. The molecule has 31 heavy (non-hydrogen) atoms. The molecule has 170 valence electrons. The Morgan fingerprint density at radius 3 is 2.58 bits per heavy atom. The molecule has 0 radical (unpaired) electrons. The van der Waals surface area contributed by atoms with Crippen molar-refractivity contribution in [3.05, 3.63) is 23.3 Å². The molecule has 2 aliphatic rings. The molecule has 0 bridgehead atoms. The summed E-state index contributed by atoms with van der Waals surface area (Å²) in [5.74, 6) is -2.75. The molecule has 1 aliphatic carbocycles. The van der Waals surface area contributed by atoms with Crippen LogP contribution in [0.15, 0.2) is 12.1 Å². The van der Waals surface area contributed by atoms with Gasteiger partial charge in [-0.1, -0.05) is 6.07 Å². The first-order chi connectivity index (χ1) is 14.5. The molecule has 1 unspecified atom stereocenters. The lowest BCUT2D eigenvalue weighted by molar-refractivity contribution is -0.127. The second kappa shape index (κ2) is 9.01. The number of likely N-dealkylation sites (tertiary alicyclic amines) is 1. The molecule has 1 aliphatic heterocycles. The van der Waals surface area contributed by atoms with Gasteiger partial charge in [-0.15, -0.1) is 0 Å². The van der Waals surface area contributed by atoms with E-state index >= 15 is 0 Å². The quantitative estimate of drug-likeness (QED) is 0.208. The smallest absolute Gasteiger partial charge is 0.455 e. The molecule has 11 nitrogen and oxygen atoms in total. The molecule has 0 aromatic heterocycles. The zero-order valence-electron chi connectivity index (χ0n) is 17.3. The van der Waals surface area contributed by atoms with Crippen molar-refractivity contribution in [1.82, 2.24) is 10.2 Å². The van der Waals surface area contributed by atoms with E-state index in [2.05, 4.69) is 5.32 Å². The van der Waals surface area contributed by atoms with E-state index in [1.54, 1.807) is 13.0 Å². The fourth-order valence-corrected chi connectivity index (χ4v) is 3.92. The second-order valence-electron chi connectivity index (χ2n) is 8.50. The molecular weight excluding hydrogens is 407 g/mol. The number of benzene rings is 1. The average Bonchev–Trinajstić information content (AvgIpc) is 3.44. The lowest BCUT2D eigenvalue weighted by Crippen LogP contribution is -2.64. The van der Waals surface area contributed by atoms with Gasteiger partial charge in [0.15, 0.2) is 0 Å². The topological polar surface area (TPSA) is 192 Å². The van der Waals surface area contributed by atoms with Crippen LogP contribution >= 0.6 is 0 Å². The number of aromatic hydroxyl groups is 1. The van der Waals surface area contributed by atoms with Gasteiger partial charge >= 0.3 is 13.1 Å². The highest BCUT2D eigenvalue weighted by Gasteiger charge is 2.48. The number of nitrogens with zero attached hydrogens (tertiary/aromatic N) is 1. The molecule has 1 heterocycles. The van der Waals surface area contributed by atoms with Crippen LogP contribution in [0.3, 0.4) is 0 Å². The number of carboxylic acid groups (broad SMARTS) is 1. The summed E-state index contributed by atoms with van der Waals surface area (Å²) in [4.78, 5) is 25.8. The zero-order chi connectivity index (χ0) is 22.9. The number of carboxylic acids is 1. The molecule has 1 aromatic rings. The Morgan fingerprint density at radius 1 is 1.35 bits per heavy atom. The van der Waals surface area contributed by atoms with Crippen molar-refractivity contribution in [2.24, 2.45) is 11.5 Å². The number of hydrogen-bond acceptors (Lipinski definition) is 9. The molecule has 1 aromatic carbocycles.